The Morgan fingerprint density at radius 2 is 1.74 bits per heavy atom. The lowest BCUT2D eigenvalue weighted by molar-refractivity contribution is 0.305. The number of likely N-dealkylation sites (N-methyl/N-ethyl adjacent to an activating group) is 1. The van der Waals surface area contributed by atoms with Crippen molar-refractivity contribution in [2.24, 2.45) is 11.0 Å². The average molecular weight is 476 g/mol. The summed E-state index contributed by atoms with van der Waals surface area (Å²) in [6.45, 7) is 4.36. The molecule has 6 rings (SSSR count). The molecule has 1 unspecified atom stereocenters. The second-order valence-electron chi connectivity index (χ2n) is 9.81. The van der Waals surface area contributed by atoms with Gasteiger partial charge in [-0.05, 0) is 61.5 Å². The molecule has 4 heterocycles. The predicted octanol–water partition coefficient (Wildman–Crippen LogP) is 5.33. The molecule has 3 aromatic rings. The maximum Gasteiger partial charge on any atom is 0.229 e. The van der Waals surface area contributed by atoms with E-state index in [4.69, 9.17) is 15.1 Å². The summed E-state index contributed by atoms with van der Waals surface area (Å²) in [5.74, 6) is 2.28. The van der Waals surface area contributed by atoms with Gasteiger partial charge >= 0.3 is 0 Å². The van der Waals surface area contributed by atoms with E-state index >= 15 is 0 Å². The molecule has 1 saturated carbocycles. The number of hydrogen-bond acceptors (Lipinski definition) is 8. The molecule has 178 valence electrons. The number of anilines is 4. The zero-order valence-corrected chi connectivity index (χ0v) is 20.7. The Hall–Kier alpha value is -2.71. The van der Waals surface area contributed by atoms with Crippen LogP contribution < -0.4 is 15.2 Å². The van der Waals surface area contributed by atoms with Gasteiger partial charge in [0.2, 0.25) is 5.95 Å². The first-order valence-electron chi connectivity index (χ1n) is 12.6. The quantitative estimate of drug-likeness (QED) is 0.538. The molecule has 2 aromatic heterocycles. The summed E-state index contributed by atoms with van der Waals surface area (Å²) in [6, 6.07) is 11.2. The van der Waals surface area contributed by atoms with Crippen molar-refractivity contribution in [2.75, 3.05) is 48.5 Å². The molecule has 1 aliphatic carbocycles. The first-order chi connectivity index (χ1) is 16.7. The van der Waals surface area contributed by atoms with Crippen LogP contribution in [-0.4, -0.2) is 60.4 Å². The standard InChI is InChI=1S/C26H33N7S/c1-31-14-16-32(17-15-31)21-9-7-20(8-10-21)28-26-29-22-12-18-34-24(22)25(30-26)33-23(11-13-27-33)19-5-3-2-4-6-19/h7-10,12-13,18-19,23H,2-6,11,14-17H2,1H3,(H,28,29,30). The van der Waals surface area contributed by atoms with E-state index in [0.717, 1.165) is 54.3 Å². The van der Waals surface area contributed by atoms with Crippen LogP contribution in [0, 0.1) is 5.92 Å². The topological polar surface area (TPSA) is 59.9 Å². The Kier molecular flexibility index (Phi) is 6.09. The molecule has 1 saturated heterocycles. The first kappa shape index (κ1) is 21.8. The van der Waals surface area contributed by atoms with Crippen LogP contribution in [0.1, 0.15) is 38.5 Å². The molecule has 0 spiro atoms. The number of benzene rings is 1. The number of hydrogen-bond donors (Lipinski definition) is 1. The number of hydrazone groups is 1. The van der Waals surface area contributed by atoms with Gasteiger partial charge in [-0.1, -0.05) is 19.3 Å². The second-order valence-corrected chi connectivity index (χ2v) is 10.7. The van der Waals surface area contributed by atoms with Crippen LogP contribution in [0.3, 0.4) is 0 Å². The lowest BCUT2D eigenvalue weighted by atomic mass is 9.83. The minimum atomic E-state index is 0.413. The van der Waals surface area contributed by atoms with Gasteiger partial charge in [-0.2, -0.15) is 10.1 Å². The van der Waals surface area contributed by atoms with E-state index in [0.29, 0.717) is 17.9 Å². The smallest absolute Gasteiger partial charge is 0.229 e. The van der Waals surface area contributed by atoms with E-state index in [1.807, 2.05) is 0 Å². The van der Waals surface area contributed by atoms with Crippen LogP contribution in [0.5, 0.6) is 0 Å². The highest BCUT2D eigenvalue weighted by molar-refractivity contribution is 7.17. The van der Waals surface area contributed by atoms with Crippen LogP contribution in [-0.2, 0) is 0 Å². The van der Waals surface area contributed by atoms with E-state index in [-0.39, 0.29) is 0 Å². The molecule has 34 heavy (non-hydrogen) atoms. The minimum Gasteiger partial charge on any atom is -0.369 e. The SMILES string of the molecule is CN1CCN(c2ccc(Nc3nc(N4N=CCC4C4CCCCC4)c4sccc4n3)cc2)CC1. The van der Waals surface area contributed by atoms with E-state index in [2.05, 4.69) is 69.1 Å². The summed E-state index contributed by atoms with van der Waals surface area (Å²) in [5.41, 5.74) is 3.26. The molecular formula is C26H33N7S. The molecule has 3 aliphatic rings. The third-order valence-electron chi connectivity index (χ3n) is 7.56. The Morgan fingerprint density at radius 1 is 0.941 bits per heavy atom. The molecule has 1 aromatic carbocycles. The number of fused-ring (bicyclic) bond motifs is 1. The van der Waals surface area contributed by atoms with Crippen molar-refractivity contribution in [2.45, 2.75) is 44.6 Å². The van der Waals surface area contributed by atoms with Crippen LogP contribution >= 0.6 is 11.3 Å². The molecule has 8 heteroatoms. The number of rotatable bonds is 5. The van der Waals surface area contributed by atoms with E-state index in [1.165, 1.54) is 37.8 Å². The van der Waals surface area contributed by atoms with Crippen molar-refractivity contribution in [3.8, 4) is 0 Å². The monoisotopic (exact) mass is 475 g/mol. The van der Waals surface area contributed by atoms with Gasteiger partial charge in [0.1, 0.15) is 0 Å². The zero-order chi connectivity index (χ0) is 22.9. The molecule has 1 atom stereocenters. The second kappa shape index (κ2) is 9.50. The summed E-state index contributed by atoms with van der Waals surface area (Å²) < 4.78 is 1.12. The van der Waals surface area contributed by atoms with Crippen LogP contribution in [0.2, 0.25) is 0 Å². The third kappa shape index (κ3) is 4.36. The number of piperazine rings is 1. The number of nitrogens with one attached hydrogen (secondary N) is 1. The molecule has 0 bridgehead atoms. The van der Waals surface area contributed by atoms with Crippen molar-refractivity contribution in [1.82, 2.24) is 14.9 Å². The Bertz CT molecular complexity index is 1140. The van der Waals surface area contributed by atoms with Crippen LogP contribution in [0.15, 0.2) is 40.8 Å². The molecule has 2 aliphatic heterocycles. The van der Waals surface area contributed by atoms with Crippen molar-refractivity contribution in [3.63, 3.8) is 0 Å². The van der Waals surface area contributed by atoms with Crippen LogP contribution in [0.4, 0.5) is 23.1 Å². The average Bonchev–Trinajstić information content (AvgIpc) is 3.55. The lowest BCUT2D eigenvalue weighted by Gasteiger charge is -2.34. The molecule has 0 amide bonds. The first-order valence-corrected chi connectivity index (χ1v) is 13.5. The number of thiophene rings is 1. The summed E-state index contributed by atoms with van der Waals surface area (Å²) in [6.07, 6.45) is 9.73. The highest BCUT2D eigenvalue weighted by atomic mass is 32.1. The molecule has 1 N–H and O–H groups in total. The summed E-state index contributed by atoms with van der Waals surface area (Å²) in [4.78, 5) is 14.6. The van der Waals surface area contributed by atoms with Crippen molar-refractivity contribution < 1.29 is 0 Å². The highest BCUT2D eigenvalue weighted by Crippen LogP contribution is 2.38. The Morgan fingerprint density at radius 3 is 2.53 bits per heavy atom. The fraction of sp³-hybridized carbons (Fsp3) is 0.500. The predicted molar refractivity (Wildman–Crippen MR) is 143 cm³/mol. The van der Waals surface area contributed by atoms with Gasteiger partial charge in [-0.25, -0.2) is 9.99 Å². The van der Waals surface area contributed by atoms with Crippen molar-refractivity contribution in [1.29, 1.82) is 0 Å². The Labute approximate surface area is 205 Å². The van der Waals surface area contributed by atoms with Crippen LogP contribution in [0.25, 0.3) is 10.2 Å². The maximum absolute atomic E-state index is 5.00. The van der Waals surface area contributed by atoms with Gasteiger partial charge in [-0.15, -0.1) is 11.3 Å². The summed E-state index contributed by atoms with van der Waals surface area (Å²) in [7, 11) is 2.19. The van der Waals surface area contributed by atoms with Gasteiger partial charge < -0.3 is 15.1 Å². The van der Waals surface area contributed by atoms with E-state index < -0.39 is 0 Å². The molecule has 7 nitrogen and oxygen atoms in total. The minimum absolute atomic E-state index is 0.413. The van der Waals surface area contributed by atoms with E-state index in [9.17, 15) is 0 Å². The van der Waals surface area contributed by atoms with Gasteiger partial charge in [-0.3, -0.25) is 0 Å². The maximum atomic E-state index is 5.00. The highest BCUT2D eigenvalue weighted by Gasteiger charge is 2.33. The van der Waals surface area contributed by atoms with E-state index in [1.54, 1.807) is 11.3 Å². The molecule has 0 radical (unpaired) electrons. The van der Waals surface area contributed by atoms with Gasteiger partial charge in [0.05, 0.1) is 16.3 Å². The fourth-order valence-corrected chi connectivity index (χ4v) is 6.37. The number of nitrogens with zero attached hydrogens (tertiary/aromatic N) is 6. The summed E-state index contributed by atoms with van der Waals surface area (Å²) >= 11 is 1.71. The van der Waals surface area contributed by atoms with Crippen molar-refractivity contribution >= 4 is 50.9 Å². The Balaban J connectivity index is 1.24. The normalized spacial score (nSPS) is 22.1. The third-order valence-corrected chi connectivity index (χ3v) is 8.46. The fourth-order valence-electron chi connectivity index (χ4n) is 5.56. The largest absolute Gasteiger partial charge is 0.369 e. The van der Waals surface area contributed by atoms with Crippen molar-refractivity contribution in [3.05, 3.63) is 35.7 Å². The van der Waals surface area contributed by atoms with Gasteiger partial charge in [0.25, 0.3) is 0 Å². The molecular weight excluding hydrogens is 442 g/mol. The zero-order valence-electron chi connectivity index (χ0n) is 19.9. The lowest BCUT2D eigenvalue weighted by Crippen LogP contribution is -2.44. The number of aromatic nitrogens is 2. The summed E-state index contributed by atoms with van der Waals surface area (Å²) in [5, 5.41) is 12.6. The van der Waals surface area contributed by atoms with Gasteiger partial charge in [0, 0.05) is 50.2 Å². The van der Waals surface area contributed by atoms with Gasteiger partial charge in [0.15, 0.2) is 5.82 Å². The molecule has 2 fully saturated rings.